The molecule has 0 spiro atoms. The third kappa shape index (κ3) is 6.16. The van der Waals surface area contributed by atoms with E-state index in [-0.39, 0.29) is 11.3 Å². The summed E-state index contributed by atoms with van der Waals surface area (Å²) in [5.74, 6) is -1.40. The molecule has 0 unspecified atom stereocenters. The molecule has 0 radical (unpaired) electrons. The molecule has 0 aliphatic rings. The second-order valence-electron chi connectivity index (χ2n) is 5.82. The van der Waals surface area contributed by atoms with Gasteiger partial charge in [0.2, 0.25) is 0 Å². The average molecular weight is 396 g/mol. The molecule has 0 aliphatic carbocycles. The molecule has 2 aromatic carbocycles. The van der Waals surface area contributed by atoms with Gasteiger partial charge in [-0.05, 0) is 42.8 Å². The van der Waals surface area contributed by atoms with Gasteiger partial charge in [-0.2, -0.15) is 0 Å². The largest absolute Gasteiger partial charge is 0.449 e. The van der Waals surface area contributed by atoms with Crippen molar-refractivity contribution in [2.45, 2.75) is 18.8 Å². The van der Waals surface area contributed by atoms with Gasteiger partial charge < -0.3 is 10.1 Å². The number of nitrogens with one attached hydrogen (secondary N) is 1. The number of hydrogen-bond donors (Lipinski definition) is 1. The lowest BCUT2D eigenvalue weighted by Gasteiger charge is -2.14. The number of amides is 1. The van der Waals surface area contributed by atoms with Gasteiger partial charge in [0.05, 0.1) is 11.3 Å². The third-order valence-electron chi connectivity index (χ3n) is 3.34. The van der Waals surface area contributed by atoms with Gasteiger partial charge in [-0.15, -0.1) is 0 Å². The zero-order valence-corrected chi connectivity index (χ0v) is 15.8. The maximum atomic E-state index is 12.2. The van der Waals surface area contributed by atoms with E-state index in [1.165, 1.54) is 19.1 Å². The topological polar surface area (TPSA) is 89.5 Å². The minimum Gasteiger partial charge on any atom is -0.449 e. The summed E-state index contributed by atoms with van der Waals surface area (Å²) in [5.41, 5.74) is 1.13. The molecular formula is C18H18ClNO5S. The number of hydrogen-bond acceptors (Lipinski definition) is 5. The Labute approximate surface area is 157 Å². The molecule has 8 heteroatoms. The maximum Gasteiger partial charge on any atom is 0.338 e. The van der Waals surface area contributed by atoms with Crippen molar-refractivity contribution < 1.29 is 22.7 Å². The fourth-order valence-electron chi connectivity index (χ4n) is 2.18. The van der Waals surface area contributed by atoms with E-state index in [1.54, 1.807) is 36.4 Å². The molecule has 1 N–H and O–H groups in total. The fourth-order valence-corrected chi connectivity index (χ4v) is 3.16. The Hall–Kier alpha value is -2.38. The van der Waals surface area contributed by atoms with Crippen LogP contribution in [0.15, 0.2) is 48.5 Å². The summed E-state index contributed by atoms with van der Waals surface area (Å²) in [5, 5.41) is 3.07. The van der Waals surface area contributed by atoms with Gasteiger partial charge in [-0.1, -0.05) is 29.8 Å². The van der Waals surface area contributed by atoms with Crippen molar-refractivity contribution in [3.8, 4) is 0 Å². The van der Waals surface area contributed by atoms with Crippen LogP contribution < -0.4 is 5.32 Å². The van der Waals surface area contributed by atoms with Crippen molar-refractivity contribution in [3.63, 3.8) is 0 Å². The van der Waals surface area contributed by atoms with E-state index in [2.05, 4.69) is 5.32 Å². The van der Waals surface area contributed by atoms with Gasteiger partial charge in [-0.3, -0.25) is 4.79 Å². The first-order chi connectivity index (χ1) is 12.1. The molecule has 0 aromatic heterocycles. The van der Waals surface area contributed by atoms with Crippen LogP contribution in [0.25, 0.3) is 0 Å². The Balaban J connectivity index is 2.02. The first-order valence-electron chi connectivity index (χ1n) is 7.68. The summed E-state index contributed by atoms with van der Waals surface area (Å²) in [6.07, 6.45) is 0.0697. The number of anilines is 1. The van der Waals surface area contributed by atoms with Crippen molar-refractivity contribution in [2.24, 2.45) is 0 Å². The molecule has 0 heterocycles. The van der Waals surface area contributed by atoms with E-state index in [9.17, 15) is 18.0 Å². The van der Waals surface area contributed by atoms with Crippen molar-refractivity contribution in [1.29, 1.82) is 0 Å². The Kier molecular flexibility index (Phi) is 6.39. The van der Waals surface area contributed by atoms with Gasteiger partial charge in [0.25, 0.3) is 5.91 Å². The summed E-state index contributed by atoms with van der Waals surface area (Å²) in [6.45, 7) is 1.44. The predicted molar refractivity (Wildman–Crippen MR) is 99.9 cm³/mol. The smallest absolute Gasteiger partial charge is 0.338 e. The minimum absolute atomic E-state index is 0.175. The quantitative estimate of drug-likeness (QED) is 0.759. The molecule has 6 nitrogen and oxygen atoms in total. The summed E-state index contributed by atoms with van der Waals surface area (Å²) in [6, 6.07) is 12.7. The molecule has 0 bridgehead atoms. The van der Waals surface area contributed by atoms with Crippen LogP contribution in [0.3, 0.4) is 0 Å². The number of carbonyl (C=O) groups excluding carboxylic acids is 2. The van der Waals surface area contributed by atoms with E-state index < -0.39 is 27.8 Å². The van der Waals surface area contributed by atoms with E-state index in [1.807, 2.05) is 0 Å². The van der Waals surface area contributed by atoms with Crippen LogP contribution in [0.4, 0.5) is 5.69 Å². The maximum absolute atomic E-state index is 12.2. The zero-order valence-electron chi connectivity index (χ0n) is 14.2. The van der Waals surface area contributed by atoms with Crippen molar-refractivity contribution in [3.05, 3.63) is 64.7 Å². The van der Waals surface area contributed by atoms with E-state index in [0.717, 1.165) is 6.26 Å². The molecule has 0 aliphatic heterocycles. The standard InChI is InChI=1S/C18H18ClNO5S/c1-12(17(21)20-16-8-4-7-15(19)10-16)25-18(22)14-6-3-5-13(9-14)11-26(2,23)24/h3-10,12H,11H2,1-2H3,(H,20,21)/t12-/m0/s1. The lowest BCUT2D eigenvalue weighted by atomic mass is 10.1. The van der Waals surface area contributed by atoms with Gasteiger partial charge in [-0.25, -0.2) is 13.2 Å². The SMILES string of the molecule is C[C@H](OC(=O)c1cccc(CS(C)(=O)=O)c1)C(=O)Nc1cccc(Cl)c1. The molecule has 1 amide bonds. The number of benzene rings is 2. The van der Waals surface area contributed by atoms with Crippen molar-refractivity contribution >= 4 is 39.0 Å². The second kappa shape index (κ2) is 8.33. The van der Waals surface area contributed by atoms with Crippen LogP contribution >= 0.6 is 11.6 Å². The Morgan fingerprint density at radius 2 is 1.85 bits per heavy atom. The molecule has 2 rings (SSSR count). The normalized spacial score (nSPS) is 12.3. The molecule has 0 saturated carbocycles. The van der Waals surface area contributed by atoms with Gasteiger partial charge in [0, 0.05) is 17.0 Å². The Morgan fingerprint density at radius 1 is 1.15 bits per heavy atom. The number of esters is 1. The van der Waals surface area contributed by atoms with Crippen LogP contribution in [0, 0.1) is 0 Å². The molecular weight excluding hydrogens is 378 g/mol. The average Bonchev–Trinajstić information content (AvgIpc) is 2.53. The third-order valence-corrected chi connectivity index (χ3v) is 4.43. The Bertz CT molecular complexity index is 927. The molecule has 1 atom stereocenters. The first-order valence-corrected chi connectivity index (χ1v) is 10.1. The number of halogens is 1. The molecule has 0 saturated heterocycles. The van der Waals surface area contributed by atoms with Gasteiger partial charge in [0.1, 0.15) is 0 Å². The molecule has 2 aromatic rings. The first kappa shape index (κ1) is 19.9. The summed E-state index contributed by atoms with van der Waals surface area (Å²) in [7, 11) is -3.22. The highest BCUT2D eigenvalue weighted by Gasteiger charge is 2.19. The van der Waals surface area contributed by atoms with Crippen LogP contribution in [0.2, 0.25) is 5.02 Å². The highest BCUT2D eigenvalue weighted by molar-refractivity contribution is 7.89. The van der Waals surface area contributed by atoms with E-state index >= 15 is 0 Å². The highest BCUT2D eigenvalue weighted by Crippen LogP contribution is 2.16. The lowest BCUT2D eigenvalue weighted by Crippen LogP contribution is -2.30. The number of rotatable bonds is 6. The number of ether oxygens (including phenoxy) is 1. The zero-order chi connectivity index (χ0) is 19.3. The lowest BCUT2D eigenvalue weighted by molar-refractivity contribution is -0.123. The van der Waals surface area contributed by atoms with Crippen LogP contribution in [-0.4, -0.2) is 32.7 Å². The summed E-state index contributed by atoms with van der Waals surface area (Å²) in [4.78, 5) is 24.3. The van der Waals surface area contributed by atoms with Crippen LogP contribution in [0.1, 0.15) is 22.8 Å². The second-order valence-corrected chi connectivity index (χ2v) is 8.39. The summed E-state index contributed by atoms with van der Waals surface area (Å²) < 4.78 is 27.9. The molecule has 138 valence electrons. The van der Waals surface area contributed by atoms with Crippen molar-refractivity contribution in [1.82, 2.24) is 0 Å². The predicted octanol–water partition coefficient (Wildman–Crippen LogP) is 3.07. The highest BCUT2D eigenvalue weighted by atomic mass is 35.5. The van der Waals surface area contributed by atoms with Crippen molar-refractivity contribution in [2.75, 3.05) is 11.6 Å². The van der Waals surface area contributed by atoms with E-state index in [4.69, 9.17) is 16.3 Å². The van der Waals surface area contributed by atoms with Gasteiger partial charge in [0.15, 0.2) is 15.9 Å². The van der Waals surface area contributed by atoms with Crippen LogP contribution in [-0.2, 0) is 25.1 Å². The molecule has 26 heavy (non-hydrogen) atoms. The van der Waals surface area contributed by atoms with Crippen LogP contribution in [0.5, 0.6) is 0 Å². The molecule has 0 fully saturated rings. The summed E-state index contributed by atoms with van der Waals surface area (Å²) >= 11 is 5.85. The van der Waals surface area contributed by atoms with E-state index in [0.29, 0.717) is 16.3 Å². The minimum atomic E-state index is -3.22. The number of carbonyl (C=O) groups is 2. The fraction of sp³-hybridized carbons (Fsp3) is 0.222. The Morgan fingerprint density at radius 3 is 2.50 bits per heavy atom. The monoisotopic (exact) mass is 395 g/mol. The number of sulfone groups is 1. The van der Waals surface area contributed by atoms with Gasteiger partial charge >= 0.3 is 5.97 Å².